The van der Waals surface area contributed by atoms with Crippen LogP contribution in [0.3, 0.4) is 0 Å². The number of nitroso groups, excluding NO2 is 1. The number of hydrogen-bond donors (Lipinski definition) is 4. The van der Waals surface area contributed by atoms with Gasteiger partial charge in [0.05, 0.1) is 8.22 Å². The van der Waals surface area contributed by atoms with Gasteiger partial charge in [-0.05, 0) is 41.5 Å². The Morgan fingerprint density at radius 3 is 2.20 bits per heavy atom. The van der Waals surface area contributed by atoms with Crippen molar-refractivity contribution >= 4 is 11.6 Å². The molecule has 0 radical (unpaired) electrons. The molecule has 0 saturated carbocycles. The molecule has 126 valence electrons. The third-order valence-corrected chi connectivity index (χ3v) is 2.99. The van der Waals surface area contributed by atoms with Crippen LogP contribution in [0.15, 0.2) is 58.2 Å². The van der Waals surface area contributed by atoms with E-state index in [4.69, 9.17) is 29.3 Å². The van der Waals surface area contributed by atoms with Gasteiger partial charge in [-0.1, -0.05) is 0 Å². The minimum atomic E-state index is -0.648. The first kappa shape index (κ1) is 10.2. The summed E-state index contributed by atoms with van der Waals surface area (Å²) in [6.45, 7) is 0. The van der Waals surface area contributed by atoms with Gasteiger partial charge in [0, 0.05) is 22.8 Å². The number of furan rings is 1. The maximum absolute atomic E-state index is 10.6. The van der Waals surface area contributed by atoms with E-state index >= 15 is 0 Å². The molecule has 3 rings (SSSR count). The number of hydroxylamine groups is 1. The molecule has 9 nitrogen and oxygen atoms in total. The normalized spacial score (nSPS) is 19.4. The van der Waals surface area contributed by atoms with Gasteiger partial charge in [0.1, 0.15) is 16.5 Å². The zero-order valence-electron chi connectivity index (χ0n) is 18.4. The van der Waals surface area contributed by atoms with Crippen molar-refractivity contribution in [2.45, 2.75) is 0 Å². The highest BCUT2D eigenvalue weighted by atomic mass is 16.5. The lowest BCUT2D eigenvalue weighted by Gasteiger charge is -1.95. The lowest BCUT2D eigenvalue weighted by molar-refractivity contribution is 0.221. The van der Waals surface area contributed by atoms with Gasteiger partial charge in [0.2, 0.25) is 0 Å². The monoisotopic (exact) mass is 344 g/mol. The molecule has 25 heavy (non-hydrogen) atoms. The van der Waals surface area contributed by atoms with E-state index in [1.807, 2.05) is 0 Å². The Balaban J connectivity index is 2.51. The number of nitrogens with one attached hydrogen (secondary N) is 1. The molecule has 9 heteroatoms. The second-order valence-electron chi connectivity index (χ2n) is 4.56. The Bertz CT molecular complexity index is 1540. The van der Waals surface area contributed by atoms with Crippen molar-refractivity contribution in [1.82, 2.24) is 15.4 Å². The van der Waals surface area contributed by atoms with Gasteiger partial charge in [-0.2, -0.15) is 0 Å². The molecule has 0 bridgehead atoms. The van der Waals surface area contributed by atoms with Crippen molar-refractivity contribution in [2.75, 3.05) is 0 Å². The van der Waals surface area contributed by atoms with Crippen molar-refractivity contribution in [3.63, 3.8) is 0 Å². The molecule has 0 saturated heterocycles. The number of nitrogens with zero attached hydrogens (tertiary/aromatic N) is 3. The summed E-state index contributed by atoms with van der Waals surface area (Å²) in [4.78, 5) is 18.4. The van der Waals surface area contributed by atoms with Crippen LogP contribution >= 0.6 is 0 Å². The number of hydrogen-bond acceptors (Lipinski definition) is 9. The first-order valence-electron chi connectivity index (χ1n) is 9.67. The van der Waals surface area contributed by atoms with Crippen molar-refractivity contribution in [3.8, 4) is 0 Å². The van der Waals surface area contributed by atoms with Gasteiger partial charge in [0.25, 0.3) is 0 Å². The number of pyridine rings is 2. The third kappa shape index (κ3) is 3.31. The standard InChI is InChI=1S/C16H14N6O3/c17-15(21-23)9-1-3-11(19-7-9)13-5-6-14(25-13)12-4-2-10(8-20-12)16(18)22-24/h1-8,21,23H,17-18H2/b13-11-,14-12-,15-9+,16-10+/i1D,2D,3D,4D,7D,8D. The van der Waals surface area contributed by atoms with E-state index in [1.54, 1.807) is 5.48 Å². The average molecular weight is 344 g/mol. The molecule has 0 fully saturated rings. The molecule has 0 atom stereocenters. The van der Waals surface area contributed by atoms with Gasteiger partial charge < -0.3 is 15.9 Å². The molecule has 0 aliphatic rings. The topological polar surface area (TPSA) is 153 Å². The van der Waals surface area contributed by atoms with Gasteiger partial charge in [-0.15, -0.1) is 4.91 Å². The fourth-order valence-electron chi connectivity index (χ4n) is 1.76. The van der Waals surface area contributed by atoms with Crippen LogP contribution in [0.2, 0.25) is 0 Å². The summed E-state index contributed by atoms with van der Waals surface area (Å²) in [5.74, 6) is -1.07. The summed E-state index contributed by atoms with van der Waals surface area (Å²) in [5, 5.41) is 10.3. The van der Waals surface area contributed by atoms with E-state index in [2.05, 4.69) is 15.1 Å². The van der Waals surface area contributed by atoms with E-state index in [9.17, 15) is 4.91 Å². The quantitative estimate of drug-likeness (QED) is 0.356. The maximum Gasteiger partial charge on any atom is 0.177 e. The van der Waals surface area contributed by atoms with Crippen LogP contribution in [0.4, 0.5) is 0 Å². The van der Waals surface area contributed by atoms with E-state index in [1.165, 1.54) is 12.1 Å². The average Bonchev–Trinajstić information content (AvgIpc) is 3.22. The molecule has 0 aliphatic heterocycles. The minimum absolute atomic E-state index is 0.0481. The highest BCUT2D eigenvalue weighted by molar-refractivity contribution is 5.36. The second kappa shape index (κ2) is 6.81. The van der Waals surface area contributed by atoms with Gasteiger partial charge >= 0.3 is 0 Å². The van der Waals surface area contributed by atoms with Crippen LogP contribution in [0, 0.1) is 26.4 Å². The largest absolute Gasteiger partial charge is 0.453 e. The Kier molecular flexibility index (Phi) is 2.78. The molecular formula is C16H14N6O3. The summed E-state index contributed by atoms with van der Waals surface area (Å²) >= 11 is 0. The molecule has 6 N–H and O–H groups in total. The van der Waals surface area contributed by atoms with Crippen LogP contribution in [-0.4, -0.2) is 15.2 Å². The summed E-state index contributed by atoms with van der Waals surface area (Å²) in [7, 11) is 0. The number of nitrogens with two attached hydrogens (primary N) is 2. The molecule has 0 aliphatic carbocycles. The highest BCUT2D eigenvalue weighted by Crippen LogP contribution is 1.99. The van der Waals surface area contributed by atoms with Crippen molar-refractivity contribution in [1.29, 1.82) is 0 Å². The Labute approximate surface area is 148 Å². The zero-order valence-corrected chi connectivity index (χ0v) is 12.4. The lowest BCUT2D eigenvalue weighted by atomic mass is 10.3. The van der Waals surface area contributed by atoms with E-state index < -0.39 is 48.2 Å². The molecule has 0 spiro atoms. The molecule has 3 aromatic rings. The Hall–Kier alpha value is -3.72. The fraction of sp³-hybridized carbons (Fsp3) is 0. The van der Waals surface area contributed by atoms with E-state index in [0.29, 0.717) is 0 Å². The first-order chi connectivity index (χ1) is 14.6. The van der Waals surface area contributed by atoms with Crippen LogP contribution in [-0.2, 0) is 0 Å². The molecule has 3 heterocycles. The molecule has 0 amide bonds. The molecule has 0 aromatic carbocycles. The first-order valence-corrected chi connectivity index (χ1v) is 6.67. The summed E-state index contributed by atoms with van der Waals surface area (Å²) in [5.41, 5.74) is 12.4. The SMILES string of the molecule is [2H]c1c([2H])/c(=C(/N)N=O)c([2H])n/c1=c1/cc/c(=c2/nc([2H])/c(=C(\N)NO)c([2H])c2[2H])o1. The third-order valence-electron chi connectivity index (χ3n) is 2.99. The lowest BCUT2D eigenvalue weighted by Crippen LogP contribution is -2.23. The molecular weight excluding hydrogens is 324 g/mol. The zero-order chi connectivity index (χ0) is 23.0. The van der Waals surface area contributed by atoms with Gasteiger partial charge in [-0.25, -0.2) is 0 Å². The van der Waals surface area contributed by atoms with Crippen molar-refractivity contribution < 1.29 is 17.8 Å². The summed E-state index contributed by atoms with van der Waals surface area (Å²) in [6, 6.07) is 0.745. The van der Waals surface area contributed by atoms with Crippen LogP contribution < -0.4 is 27.4 Å². The minimum Gasteiger partial charge on any atom is -0.453 e. The molecule has 3 aromatic heterocycles. The highest BCUT2D eigenvalue weighted by Gasteiger charge is 1.95. The smallest absolute Gasteiger partial charge is 0.177 e. The van der Waals surface area contributed by atoms with Crippen LogP contribution in [0.25, 0.3) is 11.6 Å². The number of rotatable bonds is 2. The van der Waals surface area contributed by atoms with Crippen LogP contribution in [0.1, 0.15) is 8.22 Å². The van der Waals surface area contributed by atoms with E-state index in [0.717, 1.165) is 0 Å². The van der Waals surface area contributed by atoms with Gasteiger partial charge in [-0.3, -0.25) is 20.7 Å². The van der Waals surface area contributed by atoms with Crippen LogP contribution in [0.5, 0.6) is 0 Å². The summed E-state index contributed by atoms with van der Waals surface area (Å²) < 4.78 is 53.6. The van der Waals surface area contributed by atoms with Crippen molar-refractivity contribution in [3.05, 3.63) is 85.5 Å². The maximum atomic E-state index is 10.6. The second-order valence-corrected chi connectivity index (χ2v) is 4.56. The van der Waals surface area contributed by atoms with Gasteiger partial charge in [0.15, 0.2) is 16.7 Å². The fourth-order valence-corrected chi connectivity index (χ4v) is 1.76. The summed E-state index contributed by atoms with van der Waals surface area (Å²) in [6.07, 6.45) is -1.05. The Morgan fingerprint density at radius 1 is 1.08 bits per heavy atom. The predicted molar refractivity (Wildman–Crippen MR) is 87.7 cm³/mol. The predicted octanol–water partition coefficient (Wildman–Crippen LogP) is -0.562. The van der Waals surface area contributed by atoms with Crippen molar-refractivity contribution in [2.24, 2.45) is 16.6 Å². The van der Waals surface area contributed by atoms with E-state index in [-0.39, 0.29) is 32.0 Å². The molecule has 0 unspecified atom stereocenters. The number of aromatic nitrogens is 2. The Morgan fingerprint density at radius 2 is 1.64 bits per heavy atom.